The maximum absolute atomic E-state index is 13.8. The number of hydrogen-bond donors (Lipinski definition) is 0. The molecule has 0 saturated heterocycles. The van der Waals surface area contributed by atoms with Crippen LogP contribution in [0.4, 0.5) is 10.1 Å². The Kier molecular flexibility index (Phi) is 6.26. The lowest BCUT2D eigenvalue weighted by Crippen LogP contribution is -2.31. The molecule has 146 valence electrons. The number of aromatic nitrogens is 2. The molecule has 0 aliphatic rings. The van der Waals surface area contributed by atoms with E-state index in [1.54, 1.807) is 41.3 Å². The molecule has 6 nitrogen and oxygen atoms in total. The topological polar surface area (TPSA) is 68.5 Å². The van der Waals surface area contributed by atoms with Gasteiger partial charge in [-0.05, 0) is 37.3 Å². The number of ether oxygens (including phenoxy) is 1. The first-order valence-corrected chi connectivity index (χ1v) is 9.12. The number of carbonyl (C=O) groups is 1. The molecule has 0 bridgehead atoms. The normalized spacial score (nSPS) is 10.7. The smallest absolute Gasteiger partial charge is 0.227 e. The molecule has 0 spiro atoms. The van der Waals surface area contributed by atoms with Crippen molar-refractivity contribution in [3.8, 4) is 17.1 Å². The second-order valence-electron chi connectivity index (χ2n) is 5.95. The van der Waals surface area contributed by atoms with Crippen molar-refractivity contribution in [1.82, 2.24) is 10.1 Å². The summed E-state index contributed by atoms with van der Waals surface area (Å²) in [6.07, 6.45) is 0.377. The summed E-state index contributed by atoms with van der Waals surface area (Å²) in [5.41, 5.74) is 0.850. The number of methoxy groups -OCH3 is 1. The minimum atomic E-state index is -0.434. The van der Waals surface area contributed by atoms with Crippen LogP contribution in [0, 0.1) is 5.82 Å². The summed E-state index contributed by atoms with van der Waals surface area (Å²) in [6, 6.07) is 11.3. The quantitative estimate of drug-likeness (QED) is 0.580. The van der Waals surface area contributed by atoms with Gasteiger partial charge in [0, 0.05) is 24.4 Å². The van der Waals surface area contributed by atoms with Crippen molar-refractivity contribution in [2.45, 2.75) is 19.8 Å². The van der Waals surface area contributed by atoms with E-state index in [1.165, 1.54) is 13.2 Å². The standard InChI is InChI=1S/C20H19ClFN3O3/c1-3-25(16-12-13(21)8-9-17(16)27-2)19(26)11-10-18-23-20(24-28-18)14-6-4-5-7-15(14)22/h4-9,12H,3,10-11H2,1-2H3. The molecule has 0 fully saturated rings. The zero-order chi connectivity index (χ0) is 20.1. The van der Waals surface area contributed by atoms with E-state index < -0.39 is 5.82 Å². The second-order valence-corrected chi connectivity index (χ2v) is 6.38. The molecular formula is C20H19ClFN3O3. The van der Waals surface area contributed by atoms with Crippen molar-refractivity contribution in [2.75, 3.05) is 18.6 Å². The molecule has 0 saturated carbocycles. The van der Waals surface area contributed by atoms with Gasteiger partial charge in [0.2, 0.25) is 17.6 Å². The number of anilines is 1. The molecule has 0 unspecified atom stereocenters. The number of benzene rings is 2. The van der Waals surface area contributed by atoms with Gasteiger partial charge in [0.05, 0.1) is 18.4 Å². The van der Waals surface area contributed by atoms with Gasteiger partial charge in [-0.3, -0.25) is 4.79 Å². The number of carbonyl (C=O) groups excluding carboxylic acids is 1. The van der Waals surface area contributed by atoms with Gasteiger partial charge in [0.15, 0.2) is 0 Å². The molecule has 1 aromatic heterocycles. The lowest BCUT2D eigenvalue weighted by molar-refractivity contribution is -0.118. The van der Waals surface area contributed by atoms with Gasteiger partial charge in [-0.2, -0.15) is 4.98 Å². The Labute approximate surface area is 166 Å². The van der Waals surface area contributed by atoms with Crippen molar-refractivity contribution in [2.24, 2.45) is 0 Å². The van der Waals surface area contributed by atoms with E-state index in [2.05, 4.69) is 10.1 Å². The van der Waals surface area contributed by atoms with Crippen molar-refractivity contribution < 1.29 is 18.4 Å². The Morgan fingerprint density at radius 1 is 1.29 bits per heavy atom. The summed E-state index contributed by atoms with van der Waals surface area (Å²) in [7, 11) is 1.54. The van der Waals surface area contributed by atoms with Gasteiger partial charge in [-0.1, -0.05) is 28.9 Å². The van der Waals surface area contributed by atoms with E-state index in [-0.39, 0.29) is 36.0 Å². The van der Waals surface area contributed by atoms with Crippen LogP contribution in [0.25, 0.3) is 11.4 Å². The van der Waals surface area contributed by atoms with Crippen LogP contribution in [0.15, 0.2) is 47.0 Å². The molecule has 3 aromatic rings. The first-order valence-electron chi connectivity index (χ1n) is 8.75. The molecule has 1 heterocycles. The molecule has 0 atom stereocenters. The van der Waals surface area contributed by atoms with Gasteiger partial charge >= 0.3 is 0 Å². The number of hydrogen-bond acceptors (Lipinski definition) is 5. The van der Waals surface area contributed by atoms with Gasteiger partial charge in [0.25, 0.3) is 0 Å². The zero-order valence-corrected chi connectivity index (χ0v) is 16.2. The average Bonchev–Trinajstić information content (AvgIpc) is 3.16. The zero-order valence-electron chi connectivity index (χ0n) is 15.5. The predicted octanol–water partition coefficient (Wildman–Crippen LogP) is 4.52. The van der Waals surface area contributed by atoms with Crippen molar-refractivity contribution in [3.05, 3.63) is 59.2 Å². The highest BCUT2D eigenvalue weighted by Gasteiger charge is 2.20. The third-order valence-electron chi connectivity index (χ3n) is 4.18. The first-order chi connectivity index (χ1) is 13.5. The molecule has 0 aliphatic carbocycles. The number of halogens is 2. The van der Waals surface area contributed by atoms with E-state index in [1.807, 2.05) is 6.92 Å². The summed E-state index contributed by atoms with van der Waals surface area (Å²) in [6.45, 7) is 2.31. The fourth-order valence-corrected chi connectivity index (χ4v) is 2.98. The average molecular weight is 404 g/mol. The maximum atomic E-state index is 13.8. The molecular weight excluding hydrogens is 385 g/mol. The molecule has 0 N–H and O–H groups in total. The largest absolute Gasteiger partial charge is 0.495 e. The van der Waals surface area contributed by atoms with Crippen molar-refractivity contribution in [3.63, 3.8) is 0 Å². The minimum absolute atomic E-state index is 0.141. The lowest BCUT2D eigenvalue weighted by Gasteiger charge is -2.23. The van der Waals surface area contributed by atoms with Crippen LogP contribution in [0.1, 0.15) is 19.2 Å². The van der Waals surface area contributed by atoms with Crippen molar-refractivity contribution in [1.29, 1.82) is 0 Å². The molecule has 2 aromatic carbocycles. The summed E-state index contributed by atoms with van der Waals surface area (Å²) >= 11 is 6.07. The number of nitrogens with zero attached hydrogens (tertiary/aromatic N) is 3. The SMILES string of the molecule is CCN(C(=O)CCc1nc(-c2ccccc2F)no1)c1cc(Cl)ccc1OC. The van der Waals surface area contributed by atoms with E-state index >= 15 is 0 Å². The molecule has 0 radical (unpaired) electrons. The Balaban J connectivity index is 1.71. The first kappa shape index (κ1) is 19.8. The van der Waals surface area contributed by atoms with E-state index in [9.17, 15) is 9.18 Å². The van der Waals surface area contributed by atoms with Gasteiger partial charge in [-0.25, -0.2) is 4.39 Å². The second kappa shape index (κ2) is 8.84. The summed E-state index contributed by atoms with van der Waals surface area (Å²) in [4.78, 5) is 18.5. The van der Waals surface area contributed by atoms with E-state index in [0.29, 0.717) is 23.0 Å². The number of amides is 1. The summed E-state index contributed by atoms with van der Waals surface area (Å²) in [5, 5.41) is 4.31. The van der Waals surface area contributed by atoms with Crippen molar-refractivity contribution >= 4 is 23.2 Å². The highest BCUT2D eigenvalue weighted by Crippen LogP contribution is 2.31. The molecule has 0 aliphatic heterocycles. The molecule has 3 rings (SSSR count). The Bertz CT molecular complexity index is 977. The molecule has 1 amide bonds. The van der Waals surface area contributed by atoms with Crippen LogP contribution in [-0.2, 0) is 11.2 Å². The Morgan fingerprint density at radius 2 is 2.07 bits per heavy atom. The summed E-state index contributed by atoms with van der Waals surface area (Å²) in [5.74, 6) is 0.397. The molecule has 28 heavy (non-hydrogen) atoms. The van der Waals surface area contributed by atoms with Crippen LogP contribution < -0.4 is 9.64 Å². The van der Waals surface area contributed by atoms with Gasteiger partial charge in [0.1, 0.15) is 11.6 Å². The van der Waals surface area contributed by atoms with Crippen LogP contribution in [-0.4, -0.2) is 29.7 Å². The third-order valence-corrected chi connectivity index (χ3v) is 4.42. The maximum Gasteiger partial charge on any atom is 0.227 e. The molecule has 8 heteroatoms. The Hall–Kier alpha value is -2.93. The fourth-order valence-electron chi connectivity index (χ4n) is 2.81. The highest BCUT2D eigenvalue weighted by molar-refractivity contribution is 6.31. The fraction of sp³-hybridized carbons (Fsp3) is 0.250. The van der Waals surface area contributed by atoms with Crippen LogP contribution in [0.3, 0.4) is 0 Å². The highest BCUT2D eigenvalue weighted by atomic mass is 35.5. The van der Waals surface area contributed by atoms with E-state index in [0.717, 1.165) is 0 Å². The Morgan fingerprint density at radius 3 is 2.79 bits per heavy atom. The number of aryl methyl sites for hydroxylation is 1. The monoisotopic (exact) mass is 403 g/mol. The van der Waals surface area contributed by atoms with Gasteiger partial charge in [-0.15, -0.1) is 0 Å². The third kappa shape index (κ3) is 4.31. The lowest BCUT2D eigenvalue weighted by atomic mass is 10.2. The number of rotatable bonds is 7. The minimum Gasteiger partial charge on any atom is -0.495 e. The van der Waals surface area contributed by atoms with Crippen LogP contribution in [0.5, 0.6) is 5.75 Å². The predicted molar refractivity (Wildman–Crippen MR) is 104 cm³/mol. The van der Waals surface area contributed by atoms with E-state index in [4.69, 9.17) is 20.9 Å². The van der Waals surface area contributed by atoms with Gasteiger partial charge < -0.3 is 14.2 Å². The summed E-state index contributed by atoms with van der Waals surface area (Å²) < 4.78 is 24.3. The van der Waals surface area contributed by atoms with Crippen LogP contribution >= 0.6 is 11.6 Å². The van der Waals surface area contributed by atoms with Crippen LogP contribution in [0.2, 0.25) is 5.02 Å².